The summed E-state index contributed by atoms with van der Waals surface area (Å²) in [6.45, 7) is 2.37. The fourth-order valence-corrected chi connectivity index (χ4v) is 2.54. The van der Waals surface area contributed by atoms with Gasteiger partial charge in [-0.3, -0.25) is 9.48 Å². The van der Waals surface area contributed by atoms with Gasteiger partial charge < -0.3 is 20.4 Å². The predicted octanol–water partition coefficient (Wildman–Crippen LogP) is 1.69. The van der Waals surface area contributed by atoms with Crippen LogP contribution in [0.2, 0.25) is 0 Å². The van der Waals surface area contributed by atoms with Gasteiger partial charge in [-0.25, -0.2) is 4.99 Å². The first-order chi connectivity index (χ1) is 13.5. The number of carbonyl (C=O) groups is 1. The molecule has 0 fully saturated rings. The summed E-state index contributed by atoms with van der Waals surface area (Å²) in [5.41, 5.74) is 2.20. The molecule has 0 radical (unpaired) electrons. The fraction of sp³-hybridized carbons (Fsp3) is 0.450. The standard InChI is InChI=1S/C20H31N7O.HI/c1-25(2)19(28)16-23-20(22-15-18-11-13-24-27(18)4)21-12-8-14-26(3)17-9-6-5-7-10-17;/h5-7,9-11,13H,8,12,14-16H2,1-4H3,(H2,21,22,23);1H. The monoisotopic (exact) mass is 513 g/mol. The Hall–Kier alpha value is -2.30. The Balaban J connectivity index is 0.00000420. The Morgan fingerprint density at radius 1 is 1.14 bits per heavy atom. The van der Waals surface area contributed by atoms with E-state index >= 15 is 0 Å². The molecule has 2 rings (SSSR count). The molecule has 9 heteroatoms. The molecule has 1 aromatic carbocycles. The van der Waals surface area contributed by atoms with Gasteiger partial charge in [0, 0.05) is 53.2 Å². The molecule has 0 atom stereocenters. The number of nitrogens with one attached hydrogen (secondary N) is 2. The summed E-state index contributed by atoms with van der Waals surface area (Å²) in [5.74, 6) is 0.623. The van der Waals surface area contributed by atoms with Crippen molar-refractivity contribution < 1.29 is 4.79 Å². The summed E-state index contributed by atoms with van der Waals surface area (Å²) in [7, 11) is 7.45. The average molecular weight is 513 g/mol. The normalized spacial score (nSPS) is 10.8. The van der Waals surface area contributed by atoms with Gasteiger partial charge in [-0.1, -0.05) is 18.2 Å². The number of guanidine groups is 1. The zero-order valence-electron chi connectivity index (χ0n) is 17.6. The minimum absolute atomic E-state index is 0. The number of aryl methyl sites for hydroxylation is 1. The lowest BCUT2D eigenvalue weighted by Gasteiger charge is -2.20. The molecule has 0 aliphatic heterocycles. The highest BCUT2D eigenvalue weighted by Gasteiger charge is 2.07. The van der Waals surface area contributed by atoms with Crippen LogP contribution in [0.5, 0.6) is 0 Å². The van der Waals surface area contributed by atoms with E-state index in [4.69, 9.17) is 0 Å². The number of carbonyl (C=O) groups excluding carboxylic acids is 1. The highest BCUT2D eigenvalue weighted by molar-refractivity contribution is 14.0. The van der Waals surface area contributed by atoms with Crippen LogP contribution in [0.25, 0.3) is 0 Å². The fourth-order valence-electron chi connectivity index (χ4n) is 2.54. The summed E-state index contributed by atoms with van der Waals surface area (Å²) in [6.07, 6.45) is 2.69. The topological polar surface area (TPSA) is 77.8 Å². The van der Waals surface area contributed by atoms with E-state index < -0.39 is 0 Å². The molecule has 0 saturated carbocycles. The average Bonchev–Trinajstić information content (AvgIpc) is 3.11. The molecule has 0 unspecified atom stereocenters. The largest absolute Gasteiger partial charge is 0.375 e. The first kappa shape index (κ1) is 24.7. The maximum absolute atomic E-state index is 11.9. The van der Waals surface area contributed by atoms with Crippen LogP contribution in [0.4, 0.5) is 5.69 Å². The molecule has 0 aliphatic rings. The number of anilines is 1. The summed E-state index contributed by atoms with van der Waals surface area (Å²) < 4.78 is 1.79. The van der Waals surface area contributed by atoms with Gasteiger partial charge in [-0.2, -0.15) is 5.10 Å². The first-order valence-electron chi connectivity index (χ1n) is 9.42. The van der Waals surface area contributed by atoms with Crippen molar-refractivity contribution in [2.45, 2.75) is 13.0 Å². The van der Waals surface area contributed by atoms with Gasteiger partial charge in [0.1, 0.15) is 0 Å². The zero-order valence-corrected chi connectivity index (χ0v) is 20.0. The van der Waals surface area contributed by atoms with Crippen LogP contribution in [0, 0.1) is 0 Å². The van der Waals surface area contributed by atoms with Crippen LogP contribution >= 0.6 is 24.0 Å². The van der Waals surface area contributed by atoms with Crippen LogP contribution in [-0.2, 0) is 18.4 Å². The molecular weight excluding hydrogens is 481 g/mol. The lowest BCUT2D eigenvalue weighted by molar-refractivity contribution is -0.127. The zero-order chi connectivity index (χ0) is 20.4. The second-order valence-corrected chi connectivity index (χ2v) is 6.79. The number of nitrogens with zero attached hydrogens (tertiary/aromatic N) is 5. The van der Waals surface area contributed by atoms with Crippen molar-refractivity contribution in [3.05, 3.63) is 48.3 Å². The van der Waals surface area contributed by atoms with Crippen molar-refractivity contribution in [3.63, 3.8) is 0 Å². The summed E-state index contributed by atoms with van der Waals surface area (Å²) in [4.78, 5) is 20.2. The van der Waals surface area contributed by atoms with Crippen LogP contribution in [0.3, 0.4) is 0 Å². The number of benzene rings is 1. The molecule has 0 saturated heterocycles. The molecule has 8 nitrogen and oxygen atoms in total. The summed E-state index contributed by atoms with van der Waals surface area (Å²) in [6, 6.07) is 12.2. The number of hydrogen-bond acceptors (Lipinski definition) is 4. The van der Waals surface area contributed by atoms with Crippen LogP contribution in [0.1, 0.15) is 12.1 Å². The quantitative estimate of drug-likeness (QED) is 0.231. The van der Waals surface area contributed by atoms with E-state index in [0.29, 0.717) is 12.5 Å². The third kappa shape index (κ3) is 8.71. The molecule has 0 bridgehead atoms. The van der Waals surface area contributed by atoms with E-state index in [9.17, 15) is 4.79 Å². The maximum atomic E-state index is 11.9. The van der Waals surface area contributed by atoms with E-state index in [2.05, 4.69) is 44.8 Å². The van der Waals surface area contributed by atoms with Gasteiger partial charge in [-0.05, 0) is 24.6 Å². The lowest BCUT2D eigenvalue weighted by atomic mass is 10.3. The van der Waals surface area contributed by atoms with E-state index in [1.54, 1.807) is 29.9 Å². The van der Waals surface area contributed by atoms with Gasteiger partial charge >= 0.3 is 0 Å². The molecule has 160 valence electrons. The SMILES string of the molecule is CN(C)C(=O)CNC(=NCc1ccnn1C)NCCCN(C)c1ccccc1.I. The van der Waals surface area contributed by atoms with E-state index in [0.717, 1.165) is 25.2 Å². The van der Waals surface area contributed by atoms with Gasteiger partial charge in [0.15, 0.2) is 5.96 Å². The molecule has 1 amide bonds. The van der Waals surface area contributed by atoms with Crippen molar-refractivity contribution >= 4 is 41.5 Å². The first-order valence-corrected chi connectivity index (χ1v) is 9.42. The Morgan fingerprint density at radius 2 is 1.86 bits per heavy atom. The lowest BCUT2D eigenvalue weighted by Crippen LogP contribution is -2.43. The van der Waals surface area contributed by atoms with E-state index in [1.807, 2.05) is 31.3 Å². The number of rotatable bonds is 9. The van der Waals surface area contributed by atoms with Crippen molar-refractivity contribution in [1.82, 2.24) is 25.3 Å². The number of aliphatic imine (C=N–C) groups is 1. The van der Waals surface area contributed by atoms with Crippen molar-refractivity contribution in [2.75, 3.05) is 45.7 Å². The highest BCUT2D eigenvalue weighted by atomic mass is 127. The Morgan fingerprint density at radius 3 is 2.48 bits per heavy atom. The second-order valence-electron chi connectivity index (χ2n) is 6.79. The van der Waals surface area contributed by atoms with E-state index in [-0.39, 0.29) is 36.4 Å². The second kappa shape index (κ2) is 13.0. The molecule has 0 spiro atoms. The Kier molecular flexibility index (Phi) is 11.1. The van der Waals surface area contributed by atoms with Crippen molar-refractivity contribution in [1.29, 1.82) is 0 Å². The molecule has 29 heavy (non-hydrogen) atoms. The minimum atomic E-state index is -0.00107. The number of hydrogen-bond donors (Lipinski definition) is 2. The number of likely N-dealkylation sites (N-methyl/N-ethyl adjacent to an activating group) is 1. The smallest absolute Gasteiger partial charge is 0.241 e. The van der Waals surface area contributed by atoms with Gasteiger partial charge in [-0.15, -0.1) is 24.0 Å². The number of aromatic nitrogens is 2. The highest BCUT2D eigenvalue weighted by Crippen LogP contribution is 2.10. The number of amides is 1. The molecule has 2 aromatic rings. The maximum Gasteiger partial charge on any atom is 0.241 e. The van der Waals surface area contributed by atoms with Gasteiger partial charge in [0.25, 0.3) is 0 Å². The van der Waals surface area contributed by atoms with Crippen molar-refractivity contribution in [2.24, 2.45) is 12.0 Å². The van der Waals surface area contributed by atoms with Crippen LogP contribution in [0.15, 0.2) is 47.6 Å². The van der Waals surface area contributed by atoms with Gasteiger partial charge in [0.2, 0.25) is 5.91 Å². The number of para-hydroxylation sites is 1. The van der Waals surface area contributed by atoms with Gasteiger partial charge in [0.05, 0.1) is 18.8 Å². The molecule has 1 aromatic heterocycles. The predicted molar refractivity (Wildman–Crippen MR) is 129 cm³/mol. The molecule has 2 N–H and O–H groups in total. The Bertz CT molecular complexity index is 761. The third-order valence-electron chi connectivity index (χ3n) is 4.39. The minimum Gasteiger partial charge on any atom is -0.375 e. The van der Waals surface area contributed by atoms with Crippen molar-refractivity contribution in [3.8, 4) is 0 Å². The Labute approximate surface area is 190 Å². The van der Waals surface area contributed by atoms with Crippen LogP contribution in [-0.4, -0.2) is 67.3 Å². The summed E-state index contributed by atoms with van der Waals surface area (Å²) in [5, 5.41) is 10.6. The number of halogens is 1. The molecular formula is C20H32IN7O. The molecule has 1 heterocycles. The van der Waals surface area contributed by atoms with Crippen LogP contribution < -0.4 is 15.5 Å². The summed E-state index contributed by atoms with van der Waals surface area (Å²) >= 11 is 0. The van der Waals surface area contributed by atoms with E-state index in [1.165, 1.54) is 5.69 Å². The third-order valence-corrected chi connectivity index (χ3v) is 4.39. The molecule has 0 aliphatic carbocycles.